The van der Waals surface area contributed by atoms with E-state index in [-0.39, 0.29) is 5.41 Å². The van der Waals surface area contributed by atoms with E-state index in [1.807, 2.05) is 0 Å². The van der Waals surface area contributed by atoms with Crippen LogP contribution in [0.2, 0.25) is 0 Å². The van der Waals surface area contributed by atoms with Crippen molar-refractivity contribution in [1.29, 1.82) is 5.26 Å². The van der Waals surface area contributed by atoms with E-state index in [1.165, 1.54) is 77.0 Å². The Hall–Kier alpha value is -0.510. The highest BCUT2D eigenvalue weighted by Gasteiger charge is 2.38. The number of hydrogen-bond acceptors (Lipinski definition) is 1. The van der Waals surface area contributed by atoms with Gasteiger partial charge < -0.3 is 0 Å². The summed E-state index contributed by atoms with van der Waals surface area (Å²) in [6.45, 7) is 4.58. The van der Waals surface area contributed by atoms with Crippen LogP contribution in [0.4, 0.5) is 0 Å². The van der Waals surface area contributed by atoms with Gasteiger partial charge in [0.2, 0.25) is 0 Å². The highest BCUT2D eigenvalue weighted by molar-refractivity contribution is 5.00. The number of nitriles is 1. The maximum atomic E-state index is 9.47. The quantitative estimate of drug-likeness (QED) is 0.566. The molecule has 2 atom stereocenters. The smallest absolute Gasteiger partial charge is 0.0686 e. The number of nitrogens with zero attached hydrogens (tertiary/aromatic N) is 1. The minimum Gasteiger partial charge on any atom is -0.198 e. The van der Waals surface area contributed by atoms with E-state index >= 15 is 0 Å². The van der Waals surface area contributed by atoms with Gasteiger partial charge in [-0.25, -0.2) is 0 Å². The van der Waals surface area contributed by atoms with Crippen LogP contribution in [0.25, 0.3) is 0 Å². The average Bonchev–Trinajstić information content (AvgIpc) is 2.62. The summed E-state index contributed by atoms with van der Waals surface area (Å²) in [4.78, 5) is 0. The van der Waals surface area contributed by atoms with Crippen molar-refractivity contribution >= 4 is 0 Å². The van der Waals surface area contributed by atoms with E-state index in [2.05, 4.69) is 19.9 Å². The van der Waals surface area contributed by atoms with Gasteiger partial charge in [-0.3, -0.25) is 0 Å². The predicted molar refractivity (Wildman–Crippen MR) is 96.9 cm³/mol. The molecular formula is C22H37N. The Bertz CT molecular complexity index is 406. The van der Waals surface area contributed by atoms with Crippen molar-refractivity contribution < 1.29 is 0 Å². The maximum absolute atomic E-state index is 9.47. The molecule has 0 bridgehead atoms. The van der Waals surface area contributed by atoms with Crippen molar-refractivity contribution in [1.82, 2.24) is 0 Å². The summed E-state index contributed by atoms with van der Waals surface area (Å²) in [5.74, 6) is 4.91. The third-order valence-corrected chi connectivity index (χ3v) is 7.90. The van der Waals surface area contributed by atoms with Gasteiger partial charge in [-0.15, -0.1) is 0 Å². The Morgan fingerprint density at radius 1 is 0.826 bits per heavy atom. The summed E-state index contributed by atoms with van der Waals surface area (Å²) in [6.07, 6.45) is 18.4. The van der Waals surface area contributed by atoms with Crippen LogP contribution < -0.4 is 0 Å². The summed E-state index contributed by atoms with van der Waals surface area (Å²) in [5.41, 5.74) is -0.0156. The maximum Gasteiger partial charge on any atom is 0.0686 e. The molecule has 0 aromatic heterocycles. The van der Waals surface area contributed by atoms with E-state index in [0.29, 0.717) is 0 Å². The third kappa shape index (κ3) is 4.12. The Labute approximate surface area is 144 Å². The van der Waals surface area contributed by atoms with E-state index in [0.717, 1.165) is 36.0 Å². The second-order valence-electron chi connectivity index (χ2n) is 9.39. The lowest BCUT2D eigenvalue weighted by molar-refractivity contribution is 0.0905. The van der Waals surface area contributed by atoms with Gasteiger partial charge in [0, 0.05) is 0 Å². The Morgan fingerprint density at radius 3 is 1.87 bits per heavy atom. The molecule has 0 aliphatic heterocycles. The highest BCUT2D eigenvalue weighted by Crippen LogP contribution is 2.48. The van der Waals surface area contributed by atoms with Crippen molar-refractivity contribution in [2.75, 3.05) is 0 Å². The minimum atomic E-state index is -0.0156. The highest BCUT2D eigenvalue weighted by atomic mass is 14.4. The monoisotopic (exact) mass is 315 g/mol. The van der Waals surface area contributed by atoms with Crippen molar-refractivity contribution in [3.8, 4) is 6.07 Å². The molecule has 2 unspecified atom stereocenters. The van der Waals surface area contributed by atoms with Crippen LogP contribution in [0.5, 0.6) is 0 Å². The number of rotatable bonds is 3. The summed E-state index contributed by atoms with van der Waals surface area (Å²) >= 11 is 0. The van der Waals surface area contributed by atoms with Crippen LogP contribution in [0, 0.1) is 46.3 Å². The second kappa shape index (κ2) is 7.58. The molecule has 0 N–H and O–H groups in total. The molecule has 1 heteroatoms. The van der Waals surface area contributed by atoms with Crippen LogP contribution in [0.3, 0.4) is 0 Å². The fourth-order valence-electron chi connectivity index (χ4n) is 6.20. The molecule has 3 rings (SSSR count). The molecule has 0 aromatic rings. The van der Waals surface area contributed by atoms with E-state index in [1.54, 1.807) is 0 Å². The van der Waals surface area contributed by atoms with Gasteiger partial charge in [0.25, 0.3) is 0 Å². The first kappa shape index (κ1) is 17.3. The summed E-state index contributed by atoms with van der Waals surface area (Å²) < 4.78 is 0. The van der Waals surface area contributed by atoms with Crippen molar-refractivity contribution in [3.05, 3.63) is 0 Å². The lowest BCUT2D eigenvalue weighted by Gasteiger charge is -2.42. The van der Waals surface area contributed by atoms with Gasteiger partial charge in [-0.05, 0) is 87.9 Å². The fourth-order valence-corrected chi connectivity index (χ4v) is 6.20. The predicted octanol–water partition coefficient (Wildman–Crippen LogP) is 6.73. The molecule has 0 saturated heterocycles. The molecule has 0 radical (unpaired) electrons. The summed E-state index contributed by atoms with van der Waals surface area (Å²) in [5, 5.41) is 9.47. The third-order valence-electron chi connectivity index (χ3n) is 7.90. The fraction of sp³-hybridized carbons (Fsp3) is 0.955. The van der Waals surface area contributed by atoms with Crippen LogP contribution in [-0.2, 0) is 0 Å². The van der Waals surface area contributed by atoms with Crippen molar-refractivity contribution in [2.24, 2.45) is 35.0 Å². The first-order valence-corrected chi connectivity index (χ1v) is 10.5. The molecule has 3 aliphatic rings. The Morgan fingerprint density at radius 2 is 1.35 bits per heavy atom. The zero-order valence-electron chi connectivity index (χ0n) is 15.5. The summed E-state index contributed by atoms with van der Waals surface area (Å²) in [6, 6.07) is 2.62. The van der Waals surface area contributed by atoms with Crippen LogP contribution in [0.15, 0.2) is 0 Å². The minimum absolute atomic E-state index is 0.0156. The largest absolute Gasteiger partial charge is 0.198 e. The van der Waals surface area contributed by atoms with Crippen molar-refractivity contribution in [2.45, 2.75) is 97.3 Å². The molecule has 3 fully saturated rings. The molecular weight excluding hydrogens is 278 g/mol. The normalized spacial score (nSPS) is 45.3. The van der Waals surface area contributed by atoms with Crippen LogP contribution in [-0.4, -0.2) is 0 Å². The molecule has 0 heterocycles. The zero-order chi connectivity index (χ0) is 16.3. The van der Waals surface area contributed by atoms with Gasteiger partial charge >= 0.3 is 0 Å². The topological polar surface area (TPSA) is 23.8 Å². The SMILES string of the molecule is CCC1CCC(C2CCC(C3CCCC(C)(C#N)C3)CC2)CC1. The Kier molecular flexibility index (Phi) is 5.71. The van der Waals surface area contributed by atoms with Gasteiger partial charge in [-0.1, -0.05) is 39.0 Å². The lowest BCUT2D eigenvalue weighted by Crippen LogP contribution is -2.32. The molecule has 3 saturated carbocycles. The molecule has 0 amide bonds. The van der Waals surface area contributed by atoms with Crippen molar-refractivity contribution in [3.63, 3.8) is 0 Å². The van der Waals surface area contributed by atoms with Crippen LogP contribution >= 0.6 is 0 Å². The first-order valence-electron chi connectivity index (χ1n) is 10.5. The van der Waals surface area contributed by atoms with Gasteiger partial charge in [0.05, 0.1) is 11.5 Å². The molecule has 0 aromatic carbocycles. The first-order chi connectivity index (χ1) is 11.1. The average molecular weight is 316 g/mol. The molecule has 23 heavy (non-hydrogen) atoms. The molecule has 3 aliphatic carbocycles. The van der Waals surface area contributed by atoms with E-state index < -0.39 is 0 Å². The molecule has 130 valence electrons. The molecule has 0 spiro atoms. The Balaban J connectivity index is 1.46. The summed E-state index contributed by atoms with van der Waals surface area (Å²) in [7, 11) is 0. The van der Waals surface area contributed by atoms with E-state index in [4.69, 9.17) is 0 Å². The van der Waals surface area contributed by atoms with Gasteiger partial charge in [0.1, 0.15) is 0 Å². The van der Waals surface area contributed by atoms with E-state index in [9.17, 15) is 5.26 Å². The van der Waals surface area contributed by atoms with Crippen LogP contribution in [0.1, 0.15) is 97.3 Å². The standard InChI is InChI=1S/C22H37N/c1-3-17-6-8-18(9-7-17)19-10-12-20(13-11-19)21-5-4-14-22(2,15-21)16-23/h17-21H,3-15H2,1-2H3. The van der Waals surface area contributed by atoms with Gasteiger partial charge in [0.15, 0.2) is 0 Å². The second-order valence-corrected chi connectivity index (χ2v) is 9.39. The van der Waals surface area contributed by atoms with Gasteiger partial charge in [-0.2, -0.15) is 5.26 Å². The number of hydrogen-bond donors (Lipinski definition) is 0. The lowest BCUT2D eigenvalue weighted by atomic mass is 9.62. The molecule has 1 nitrogen and oxygen atoms in total. The zero-order valence-corrected chi connectivity index (χ0v) is 15.5.